The molecule has 2 rings (SSSR count). The van der Waals surface area contributed by atoms with Crippen LogP contribution >= 0.6 is 15.9 Å². The maximum Gasteiger partial charge on any atom is 0.224 e. The van der Waals surface area contributed by atoms with Crippen LogP contribution in [0, 0.1) is 6.92 Å². The summed E-state index contributed by atoms with van der Waals surface area (Å²) in [6.45, 7) is 3.74. The van der Waals surface area contributed by atoms with E-state index in [-0.39, 0.29) is 16.5 Å². The molecule has 0 saturated carbocycles. The Morgan fingerprint density at radius 3 is 2.76 bits per heavy atom. The summed E-state index contributed by atoms with van der Waals surface area (Å²) in [5.74, 6) is 0.126. The van der Waals surface area contributed by atoms with E-state index in [0.29, 0.717) is 18.4 Å². The summed E-state index contributed by atoms with van der Waals surface area (Å²) in [7, 11) is 0. The minimum absolute atomic E-state index is 0.0496. The predicted molar refractivity (Wildman–Crippen MR) is 70.8 cm³/mol. The maximum absolute atomic E-state index is 11.9. The molecule has 0 fully saturated rings. The highest BCUT2D eigenvalue weighted by Crippen LogP contribution is 2.28. The first-order chi connectivity index (χ1) is 7.99. The monoisotopic (exact) mass is 295 g/mol. The number of hydrogen-bond donors (Lipinski definition) is 1. The minimum Gasteiger partial charge on any atom is -0.326 e. The number of halogens is 1. The lowest BCUT2D eigenvalue weighted by Crippen LogP contribution is -2.21. The number of aryl methyl sites for hydroxylation is 2. The van der Waals surface area contributed by atoms with Gasteiger partial charge >= 0.3 is 0 Å². The smallest absolute Gasteiger partial charge is 0.224 e. The van der Waals surface area contributed by atoms with Crippen LogP contribution in [0.4, 0.5) is 5.69 Å². The summed E-state index contributed by atoms with van der Waals surface area (Å²) in [4.78, 5) is 23.0. The summed E-state index contributed by atoms with van der Waals surface area (Å²) in [6, 6.07) is 3.73. The molecule has 0 bridgehead atoms. The first-order valence-corrected chi connectivity index (χ1v) is 6.52. The number of carbonyl (C=O) groups excluding carboxylic acids is 2. The van der Waals surface area contributed by atoms with Gasteiger partial charge in [0.05, 0.1) is 4.83 Å². The fourth-order valence-corrected chi connectivity index (χ4v) is 2.32. The van der Waals surface area contributed by atoms with E-state index >= 15 is 0 Å². The largest absolute Gasteiger partial charge is 0.326 e. The fourth-order valence-electron chi connectivity index (χ4n) is 2.06. The Hall–Kier alpha value is -1.16. The van der Waals surface area contributed by atoms with E-state index in [1.54, 1.807) is 0 Å². The Morgan fingerprint density at radius 2 is 2.12 bits per heavy atom. The number of benzene rings is 1. The summed E-state index contributed by atoms with van der Waals surface area (Å²) in [5.41, 5.74) is 3.59. The number of ketones is 1. The van der Waals surface area contributed by atoms with Gasteiger partial charge < -0.3 is 5.32 Å². The first kappa shape index (κ1) is 12.3. The standard InChI is InChI=1S/C13H14BrNO2/c1-7-5-10(13(17)8(2)14)6-9-3-4-11(16)15-12(7)9/h5-6,8H,3-4H2,1-2H3,(H,15,16). The van der Waals surface area contributed by atoms with Crippen LogP contribution < -0.4 is 5.32 Å². The van der Waals surface area contributed by atoms with Gasteiger partial charge in [-0.1, -0.05) is 15.9 Å². The van der Waals surface area contributed by atoms with Gasteiger partial charge in [-0.3, -0.25) is 9.59 Å². The molecule has 0 radical (unpaired) electrons. The van der Waals surface area contributed by atoms with Gasteiger partial charge in [0.1, 0.15) is 0 Å². The van der Waals surface area contributed by atoms with Crippen molar-refractivity contribution in [2.75, 3.05) is 5.32 Å². The van der Waals surface area contributed by atoms with Crippen molar-refractivity contribution in [1.82, 2.24) is 0 Å². The second-order valence-electron chi connectivity index (χ2n) is 4.36. The van der Waals surface area contributed by atoms with Crippen LogP contribution in [0.2, 0.25) is 0 Å². The molecule has 1 N–H and O–H groups in total. The van der Waals surface area contributed by atoms with E-state index in [1.807, 2.05) is 26.0 Å². The molecule has 0 saturated heterocycles. The normalized spacial score (nSPS) is 16.1. The van der Waals surface area contributed by atoms with Gasteiger partial charge in [0.25, 0.3) is 0 Å². The van der Waals surface area contributed by atoms with Crippen LogP contribution in [0.1, 0.15) is 34.8 Å². The van der Waals surface area contributed by atoms with Gasteiger partial charge in [-0.15, -0.1) is 0 Å². The molecule has 1 atom stereocenters. The molecule has 1 heterocycles. The van der Waals surface area contributed by atoms with Gasteiger partial charge in [0, 0.05) is 17.7 Å². The van der Waals surface area contributed by atoms with Crippen molar-refractivity contribution >= 4 is 33.3 Å². The lowest BCUT2D eigenvalue weighted by molar-refractivity contribution is -0.116. The van der Waals surface area contributed by atoms with Gasteiger partial charge in [0.2, 0.25) is 5.91 Å². The Labute approximate surface area is 109 Å². The van der Waals surface area contributed by atoms with E-state index in [1.165, 1.54) is 0 Å². The molecule has 0 aromatic heterocycles. The van der Waals surface area contributed by atoms with E-state index in [9.17, 15) is 9.59 Å². The van der Waals surface area contributed by atoms with E-state index < -0.39 is 0 Å². The molecule has 4 heteroatoms. The summed E-state index contributed by atoms with van der Waals surface area (Å²) in [6.07, 6.45) is 1.20. The molecule has 90 valence electrons. The number of anilines is 1. The highest BCUT2D eigenvalue weighted by Gasteiger charge is 2.20. The molecule has 1 aromatic carbocycles. The summed E-state index contributed by atoms with van der Waals surface area (Å²) >= 11 is 3.29. The third-order valence-electron chi connectivity index (χ3n) is 2.95. The van der Waals surface area contributed by atoms with Crippen LogP contribution in [0.15, 0.2) is 12.1 Å². The Kier molecular flexibility index (Phi) is 3.33. The van der Waals surface area contributed by atoms with Crippen LogP contribution in [0.3, 0.4) is 0 Å². The van der Waals surface area contributed by atoms with Crippen molar-refractivity contribution < 1.29 is 9.59 Å². The van der Waals surface area contributed by atoms with Gasteiger partial charge in [-0.05, 0) is 43.5 Å². The van der Waals surface area contributed by atoms with Crippen molar-refractivity contribution in [2.45, 2.75) is 31.5 Å². The highest BCUT2D eigenvalue weighted by molar-refractivity contribution is 9.10. The second-order valence-corrected chi connectivity index (χ2v) is 5.73. The van der Waals surface area contributed by atoms with Crippen molar-refractivity contribution in [1.29, 1.82) is 0 Å². The third-order valence-corrected chi connectivity index (χ3v) is 3.36. The van der Waals surface area contributed by atoms with Crippen molar-refractivity contribution in [2.24, 2.45) is 0 Å². The molecule has 1 aliphatic heterocycles. The van der Waals surface area contributed by atoms with Gasteiger partial charge in [-0.2, -0.15) is 0 Å². The highest BCUT2D eigenvalue weighted by atomic mass is 79.9. The second kappa shape index (κ2) is 4.61. The maximum atomic E-state index is 11.9. The van der Waals surface area contributed by atoms with Crippen molar-refractivity contribution in [3.05, 3.63) is 28.8 Å². The average Bonchev–Trinajstić information content (AvgIpc) is 2.28. The number of amides is 1. The lowest BCUT2D eigenvalue weighted by atomic mass is 9.95. The molecule has 0 aliphatic carbocycles. The predicted octanol–water partition coefficient (Wildman–Crippen LogP) is 2.85. The van der Waals surface area contributed by atoms with Crippen molar-refractivity contribution in [3.63, 3.8) is 0 Å². The van der Waals surface area contributed by atoms with E-state index in [4.69, 9.17) is 0 Å². The van der Waals surface area contributed by atoms with Crippen LogP contribution in [0.5, 0.6) is 0 Å². The zero-order chi connectivity index (χ0) is 12.6. The zero-order valence-electron chi connectivity index (χ0n) is 9.84. The summed E-state index contributed by atoms with van der Waals surface area (Å²) in [5, 5.41) is 2.86. The zero-order valence-corrected chi connectivity index (χ0v) is 11.4. The minimum atomic E-state index is -0.182. The molecule has 3 nitrogen and oxygen atoms in total. The van der Waals surface area contributed by atoms with Crippen LogP contribution in [-0.2, 0) is 11.2 Å². The first-order valence-electron chi connectivity index (χ1n) is 5.60. The Bertz CT molecular complexity index is 494. The lowest BCUT2D eigenvalue weighted by Gasteiger charge is -2.20. The molecular weight excluding hydrogens is 282 g/mol. The number of fused-ring (bicyclic) bond motifs is 1. The number of alkyl halides is 1. The topological polar surface area (TPSA) is 46.2 Å². The molecule has 1 amide bonds. The number of hydrogen-bond acceptors (Lipinski definition) is 2. The molecule has 1 aromatic rings. The van der Waals surface area contributed by atoms with Crippen molar-refractivity contribution in [3.8, 4) is 0 Å². The number of nitrogens with one attached hydrogen (secondary N) is 1. The van der Waals surface area contributed by atoms with Gasteiger partial charge in [-0.25, -0.2) is 0 Å². The fraction of sp³-hybridized carbons (Fsp3) is 0.385. The third kappa shape index (κ3) is 2.41. The average molecular weight is 296 g/mol. The Morgan fingerprint density at radius 1 is 1.41 bits per heavy atom. The molecule has 17 heavy (non-hydrogen) atoms. The number of Topliss-reactive ketones (excluding diaryl/α,β-unsaturated/α-hetero) is 1. The number of carbonyl (C=O) groups is 2. The van der Waals surface area contributed by atoms with Crippen LogP contribution in [0.25, 0.3) is 0 Å². The van der Waals surface area contributed by atoms with Gasteiger partial charge in [0.15, 0.2) is 5.78 Å². The SMILES string of the molecule is Cc1cc(C(=O)C(C)Br)cc2c1NC(=O)CC2. The Balaban J connectivity index is 2.44. The molecular formula is C13H14BrNO2. The van der Waals surface area contributed by atoms with Crippen LogP contribution in [-0.4, -0.2) is 16.5 Å². The molecule has 0 spiro atoms. The molecule has 1 unspecified atom stereocenters. The van der Waals surface area contributed by atoms with E-state index in [0.717, 1.165) is 16.8 Å². The summed E-state index contributed by atoms with van der Waals surface area (Å²) < 4.78 is 0. The molecule has 1 aliphatic rings. The number of rotatable bonds is 2. The van der Waals surface area contributed by atoms with E-state index in [2.05, 4.69) is 21.2 Å². The quantitative estimate of drug-likeness (QED) is 0.674.